The van der Waals surface area contributed by atoms with E-state index in [9.17, 15) is 4.79 Å². The van der Waals surface area contributed by atoms with Gasteiger partial charge in [-0.3, -0.25) is 9.69 Å². The Labute approximate surface area is 121 Å². The summed E-state index contributed by atoms with van der Waals surface area (Å²) in [6, 6.07) is 5.28. The van der Waals surface area contributed by atoms with Crippen molar-refractivity contribution in [3.8, 4) is 5.75 Å². The molecule has 0 spiro atoms. The number of carbonyl (C=O) groups excluding carboxylic acids is 1. The van der Waals surface area contributed by atoms with Crippen LogP contribution in [0.15, 0.2) is 18.2 Å². The number of nitrogens with zero attached hydrogens (tertiary/aromatic N) is 1. The van der Waals surface area contributed by atoms with Crippen molar-refractivity contribution in [2.45, 2.75) is 39.8 Å². The summed E-state index contributed by atoms with van der Waals surface area (Å²) in [6.07, 6.45) is 0. The van der Waals surface area contributed by atoms with Crippen LogP contribution in [0.3, 0.4) is 0 Å². The maximum atomic E-state index is 12.3. The molecule has 0 aliphatic carbocycles. The van der Waals surface area contributed by atoms with Crippen molar-refractivity contribution in [2.75, 3.05) is 24.7 Å². The third kappa shape index (κ3) is 3.87. The molecule has 0 saturated heterocycles. The van der Waals surface area contributed by atoms with Gasteiger partial charge in [-0.15, -0.1) is 0 Å². The smallest absolute Gasteiger partial charge is 0.241 e. The number of likely N-dealkylation sites (N-methyl/N-ethyl adjacent to an activating group) is 1. The van der Waals surface area contributed by atoms with E-state index in [-0.39, 0.29) is 11.9 Å². The maximum Gasteiger partial charge on any atom is 0.241 e. The third-order valence-electron chi connectivity index (χ3n) is 3.39. The molecule has 0 bridgehead atoms. The highest BCUT2D eigenvalue weighted by Gasteiger charge is 2.23. The van der Waals surface area contributed by atoms with Crippen molar-refractivity contribution in [3.05, 3.63) is 18.2 Å². The first-order valence-electron chi connectivity index (χ1n) is 6.90. The SMILES string of the molecule is CCN(C(C)C)C(C)C(=O)Nc1cc(N)ccc1OC. The fraction of sp³-hybridized carbons (Fsp3) is 0.533. The summed E-state index contributed by atoms with van der Waals surface area (Å²) in [4.78, 5) is 14.5. The summed E-state index contributed by atoms with van der Waals surface area (Å²) in [5, 5.41) is 2.89. The Kier molecular flexibility index (Phi) is 5.82. The number of anilines is 2. The Balaban J connectivity index is 2.87. The number of carbonyl (C=O) groups is 1. The highest BCUT2D eigenvalue weighted by Crippen LogP contribution is 2.26. The van der Waals surface area contributed by atoms with E-state index < -0.39 is 0 Å². The monoisotopic (exact) mass is 279 g/mol. The molecule has 112 valence electrons. The third-order valence-corrected chi connectivity index (χ3v) is 3.39. The van der Waals surface area contributed by atoms with Crippen molar-refractivity contribution in [1.82, 2.24) is 4.90 Å². The molecule has 1 atom stereocenters. The van der Waals surface area contributed by atoms with Crippen LogP contribution in [0.4, 0.5) is 11.4 Å². The number of nitrogens with two attached hydrogens (primary N) is 1. The van der Waals surface area contributed by atoms with Crippen LogP contribution in [0, 0.1) is 0 Å². The predicted octanol–water partition coefficient (Wildman–Crippen LogP) is 2.33. The van der Waals surface area contributed by atoms with Crippen molar-refractivity contribution in [1.29, 1.82) is 0 Å². The molecule has 5 nitrogen and oxygen atoms in total. The largest absolute Gasteiger partial charge is 0.495 e. The van der Waals surface area contributed by atoms with Crippen molar-refractivity contribution in [2.24, 2.45) is 0 Å². The van der Waals surface area contributed by atoms with Gasteiger partial charge in [0.1, 0.15) is 5.75 Å². The molecule has 0 saturated carbocycles. The predicted molar refractivity (Wildman–Crippen MR) is 83.0 cm³/mol. The zero-order chi connectivity index (χ0) is 15.3. The molecular weight excluding hydrogens is 254 g/mol. The van der Waals surface area contributed by atoms with Crippen LogP contribution in [0.25, 0.3) is 0 Å². The van der Waals surface area contributed by atoms with Gasteiger partial charge in [0.25, 0.3) is 0 Å². The number of hydrogen-bond acceptors (Lipinski definition) is 4. The lowest BCUT2D eigenvalue weighted by atomic mass is 10.2. The number of nitrogens with one attached hydrogen (secondary N) is 1. The standard InChI is InChI=1S/C15H25N3O2/c1-6-18(10(2)3)11(4)15(19)17-13-9-12(16)7-8-14(13)20-5/h7-11H,6,16H2,1-5H3,(H,17,19). The lowest BCUT2D eigenvalue weighted by Crippen LogP contribution is -2.45. The Bertz CT molecular complexity index is 460. The zero-order valence-corrected chi connectivity index (χ0v) is 12.9. The van der Waals surface area contributed by atoms with Gasteiger partial charge in [0.15, 0.2) is 0 Å². The second kappa shape index (κ2) is 7.14. The number of methoxy groups -OCH3 is 1. The first-order valence-corrected chi connectivity index (χ1v) is 6.90. The molecule has 1 amide bonds. The number of rotatable bonds is 6. The van der Waals surface area contributed by atoms with E-state index in [2.05, 4.69) is 24.1 Å². The van der Waals surface area contributed by atoms with E-state index in [1.807, 2.05) is 13.8 Å². The summed E-state index contributed by atoms with van der Waals surface area (Å²) in [6.45, 7) is 8.92. The zero-order valence-electron chi connectivity index (χ0n) is 12.9. The Morgan fingerprint density at radius 1 is 1.40 bits per heavy atom. The van der Waals surface area contributed by atoms with E-state index in [0.717, 1.165) is 6.54 Å². The minimum atomic E-state index is -0.217. The summed E-state index contributed by atoms with van der Waals surface area (Å²) < 4.78 is 5.23. The van der Waals surface area contributed by atoms with Gasteiger partial charge in [0.05, 0.1) is 18.8 Å². The Hall–Kier alpha value is -1.75. The molecule has 20 heavy (non-hydrogen) atoms. The first kappa shape index (κ1) is 16.3. The van der Waals surface area contributed by atoms with Crippen LogP contribution in [0.2, 0.25) is 0 Å². The van der Waals surface area contributed by atoms with E-state index in [1.54, 1.807) is 25.3 Å². The summed E-state index contributed by atoms with van der Waals surface area (Å²) >= 11 is 0. The molecule has 0 radical (unpaired) electrons. The minimum Gasteiger partial charge on any atom is -0.495 e. The summed E-state index contributed by atoms with van der Waals surface area (Å²) in [5.41, 5.74) is 6.94. The second-order valence-electron chi connectivity index (χ2n) is 5.05. The van der Waals surface area contributed by atoms with Crippen LogP contribution in [-0.2, 0) is 4.79 Å². The van der Waals surface area contributed by atoms with E-state index in [0.29, 0.717) is 23.2 Å². The van der Waals surface area contributed by atoms with Crippen molar-refractivity contribution in [3.63, 3.8) is 0 Å². The Morgan fingerprint density at radius 2 is 2.05 bits per heavy atom. The highest BCUT2D eigenvalue weighted by molar-refractivity contribution is 5.96. The number of nitrogen functional groups attached to an aromatic ring is 1. The molecule has 0 aromatic heterocycles. The molecule has 1 aromatic carbocycles. The lowest BCUT2D eigenvalue weighted by molar-refractivity contribution is -0.121. The fourth-order valence-corrected chi connectivity index (χ4v) is 2.30. The topological polar surface area (TPSA) is 67.6 Å². The van der Waals surface area contributed by atoms with Gasteiger partial charge in [-0.05, 0) is 45.5 Å². The fourth-order valence-electron chi connectivity index (χ4n) is 2.30. The van der Waals surface area contributed by atoms with Crippen molar-refractivity contribution < 1.29 is 9.53 Å². The van der Waals surface area contributed by atoms with Gasteiger partial charge in [-0.25, -0.2) is 0 Å². The number of hydrogen-bond donors (Lipinski definition) is 2. The van der Waals surface area contributed by atoms with E-state index >= 15 is 0 Å². The average molecular weight is 279 g/mol. The molecule has 0 fully saturated rings. The molecule has 3 N–H and O–H groups in total. The maximum absolute atomic E-state index is 12.3. The molecule has 5 heteroatoms. The lowest BCUT2D eigenvalue weighted by Gasteiger charge is -2.30. The van der Waals surface area contributed by atoms with E-state index in [1.165, 1.54) is 0 Å². The van der Waals surface area contributed by atoms with Crippen molar-refractivity contribution >= 4 is 17.3 Å². The highest BCUT2D eigenvalue weighted by atomic mass is 16.5. The molecule has 1 aromatic rings. The second-order valence-corrected chi connectivity index (χ2v) is 5.05. The Morgan fingerprint density at radius 3 is 2.55 bits per heavy atom. The van der Waals surface area contributed by atoms with Gasteiger partial charge in [0.2, 0.25) is 5.91 Å². The summed E-state index contributed by atoms with van der Waals surface area (Å²) in [5.74, 6) is 0.539. The molecule has 0 aliphatic heterocycles. The van der Waals surface area contributed by atoms with Crippen LogP contribution >= 0.6 is 0 Å². The average Bonchev–Trinajstić information content (AvgIpc) is 2.39. The van der Waals surface area contributed by atoms with Gasteiger partial charge in [0, 0.05) is 11.7 Å². The molecule has 1 rings (SSSR count). The van der Waals surface area contributed by atoms with Gasteiger partial charge in [-0.1, -0.05) is 6.92 Å². The molecule has 0 heterocycles. The quantitative estimate of drug-likeness (QED) is 0.784. The molecule has 0 aliphatic rings. The number of amides is 1. The molecular formula is C15H25N3O2. The normalized spacial score (nSPS) is 12.6. The first-order chi connectivity index (χ1) is 9.40. The van der Waals surface area contributed by atoms with Crippen LogP contribution in [-0.4, -0.2) is 36.5 Å². The van der Waals surface area contributed by atoms with Crippen LogP contribution < -0.4 is 15.8 Å². The van der Waals surface area contributed by atoms with Gasteiger partial charge < -0.3 is 15.8 Å². The number of ether oxygens (including phenoxy) is 1. The van der Waals surface area contributed by atoms with Crippen LogP contribution in [0.5, 0.6) is 5.75 Å². The minimum absolute atomic E-state index is 0.0653. The van der Waals surface area contributed by atoms with Crippen LogP contribution in [0.1, 0.15) is 27.7 Å². The van der Waals surface area contributed by atoms with Gasteiger partial charge in [-0.2, -0.15) is 0 Å². The van der Waals surface area contributed by atoms with E-state index in [4.69, 9.17) is 10.5 Å². The molecule has 1 unspecified atom stereocenters. The summed E-state index contributed by atoms with van der Waals surface area (Å²) in [7, 11) is 1.57. The van der Waals surface area contributed by atoms with Gasteiger partial charge >= 0.3 is 0 Å². The number of benzene rings is 1.